The minimum absolute atomic E-state index is 0.0612. The Bertz CT molecular complexity index is 630. The molecule has 0 unspecified atom stereocenters. The molecule has 0 atom stereocenters. The second-order valence-electron chi connectivity index (χ2n) is 4.65. The van der Waals surface area contributed by atoms with Crippen molar-refractivity contribution in [2.75, 3.05) is 13.1 Å². The van der Waals surface area contributed by atoms with Crippen LogP contribution in [0.4, 0.5) is 0 Å². The summed E-state index contributed by atoms with van der Waals surface area (Å²) in [5, 5.41) is 5.98. The van der Waals surface area contributed by atoms with Crippen LogP contribution in [0.5, 0.6) is 0 Å². The zero-order valence-corrected chi connectivity index (χ0v) is 12.6. The summed E-state index contributed by atoms with van der Waals surface area (Å²) in [6.45, 7) is 0.442. The SMILES string of the molecule is O=C(CNC(=O)c1cccnc1)NCCc1ccc(Cl)cc1. The molecule has 6 heteroatoms. The Morgan fingerprint density at radius 2 is 1.86 bits per heavy atom. The Morgan fingerprint density at radius 1 is 1.09 bits per heavy atom. The molecule has 1 aromatic heterocycles. The highest BCUT2D eigenvalue weighted by Crippen LogP contribution is 2.09. The third-order valence-electron chi connectivity index (χ3n) is 2.98. The summed E-state index contributed by atoms with van der Waals surface area (Å²) in [7, 11) is 0. The third-order valence-corrected chi connectivity index (χ3v) is 3.23. The van der Waals surface area contributed by atoms with Gasteiger partial charge in [-0.15, -0.1) is 0 Å². The lowest BCUT2D eigenvalue weighted by Gasteiger charge is -2.07. The molecule has 0 aliphatic rings. The van der Waals surface area contributed by atoms with Gasteiger partial charge in [0, 0.05) is 24.0 Å². The predicted octanol–water partition coefficient (Wildman–Crippen LogP) is 1.82. The van der Waals surface area contributed by atoms with E-state index in [9.17, 15) is 9.59 Å². The van der Waals surface area contributed by atoms with Crippen LogP contribution in [0.15, 0.2) is 48.8 Å². The van der Waals surface area contributed by atoms with E-state index in [1.807, 2.05) is 24.3 Å². The molecule has 22 heavy (non-hydrogen) atoms. The number of benzene rings is 1. The van der Waals surface area contributed by atoms with Gasteiger partial charge < -0.3 is 10.6 Å². The Balaban J connectivity index is 1.68. The molecule has 0 saturated heterocycles. The maximum Gasteiger partial charge on any atom is 0.253 e. The number of halogens is 1. The Hall–Kier alpha value is -2.40. The van der Waals surface area contributed by atoms with Crippen LogP contribution in [0.3, 0.4) is 0 Å². The summed E-state index contributed by atoms with van der Waals surface area (Å²) in [4.78, 5) is 27.2. The second kappa shape index (κ2) is 8.14. The van der Waals surface area contributed by atoms with Gasteiger partial charge in [-0.2, -0.15) is 0 Å². The van der Waals surface area contributed by atoms with Gasteiger partial charge in [0.05, 0.1) is 12.1 Å². The fraction of sp³-hybridized carbons (Fsp3) is 0.188. The van der Waals surface area contributed by atoms with Gasteiger partial charge in [0.1, 0.15) is 0 Å². The highest BCUT2D eigenvalue weighted by molar-refractivity contribution is 6.30. The van der Waals surface area contributed by atoms with Crippen molar-refractivity contribution in [3.8, 4) is 0 Å². The fourth-order valence-corrected chi connectivity index (χ4v) is 1.95. The van der Waals surface area contributed by atoms with Gasteiger partial charge in [-0.05, 0) is 36.2 Å². The van der Waals surface area contributed by atoms with Crippen LogP contribution < -0.4 is 10.6 Å². The number of rotatable bonds is 6. The van der Waals surface area contributed by atoms with Crippen molar-refractivity contribution < 1.29 is 9.59 Å². The number of nitrogens with one attached hydrogen (secondary N) is 2. The monoisotopic (exact) mass is 317 g/mol. The molecule has 0 aliphatic carbocycles. The highest BCUT2D eigenvalue weighted by atomic mass is 35.5. The molecule has 2 aromatic rings. The van der Waals surface area contributed by atoms with E-state index < -0.39 is 0 Å². The number of amides is 2. The summed E-state index contributed by atoms with van der Waals surface area (Å²) in [5.41, 5.74) is 1.51. The quantitative estimate of drug-likeness (QED) is 0.854. The molecule has 0 radical (unpaired) electrons. The average molecular weight is 318 g/mol. The van der Waals surface area contributed by atoms with E-state index in [4.69, 9.17) is 11.6 Å². The number of nitrogens with zero attached hydrogens (tertiary/aromatic N) is 1. The molecule has 114 valence electrons. The van der Waals surface area contributed by atoms with Crippen molar-refractivity contribution in [3.63, 3.8) is 0 Å². The van der Waals surface area contributed by atoms with Crippen LogP contribution in [-0.2, 0) is 11.2 Å². The summed E-state index contributed by atoms with van der Waals surface area (Å²) in [6, 6.07) is 10.8. The molecule has 0 saturated carbocycles. The molecular weight excluding hydrogens is 302 g/mol. The van der Waals surface area contributed by atoms with E-state index in [1.165, 1.54) is 6.20 Å². The molecule has 5 nitrogen and oxygen atoms in total. The topological polar surface area (TPSA) is 71.1 Å². The second-order valence-corrected chi connectivity index (χ2v) is 5.09. The Labute approximate surface area is 133 Å². The largest absolute Gasteiger partial charge is 0.354 e. The van der Waals surface area contributed by atoms with Crippen molar-refractivity contribution in [1.29, 1.82) is 0 Å². The first-order valence-corrected chi connectivity index (χ1v) is 7.22. The lowest BCUT2D eigenvalue weighted by atomic mass is 10.1. The molecule has 0 aliphatic heterocycles. The van der Waals surface area contributed by atoms with Crippen molar-refractivity contribution in [1.82, 2.24) is 15.6 Å². The van der Waals surface area contributed by atoms with E-state index in [0.29, 0.717) is 23.6 Å². The summed E-state index contributed by atoms with van der Waals surface area (Å²) < 4.78 is 0. The number of hydrogen-bond donors (Lipinski definition) is 2. The number of aromatic nitrogens is 1. The predicted molar refractivity (Wildman–Crippen MR) is 84.7 cm³/mol. The van der Waals surface area contributed by atoms with Gasteiger partial charge in [0.25, 0.3) is 5.91 Å². The van der Waals surface area contributed by atoms with Crippen molar-refractivity contribution in [2.24, 2.45) is 0 Å². The highest BCUT2D eigenvalue weighted by Gasteiger charge is 2.07. The maximum absolute atomic E-state index is 11.7. The normalized spacial score (nSPS) is 10.0. The van der Waals surface area contributed by atoms with Crippen LogP contribution in [-0.4, -0.2) is 29.9 Å². The van der Waals surface area contributed by atoms with Gasteiger partial charge in [-0.25, -0.2) is 0 Å². The molecule has 2 amide bonds. The average Bonchev–Trinajstić information content (AvgIpc) is 2.55. The van der Waals surface area contributed by atoms with Crippen molar-refractivity contribution in [3.05, 3.63) is 64.9 Å². The van der Waals surface area contributed by atoms with Crippen LogP contribution >= 0.6 is 11.6 Å². The zero-order chi connectivity index (χ0) is 15.8. The Kier molecular flexibility index (Phi) is 5.91. The minimum atomic E-state index is -0.319. The fourth-order valence-electron chi connectivity index (χ4n) is 1.82. The molecule has 2 N–H and O–H groups in total. The number of carbonyl (C=O) groups is 2. The van der Waals surface area contributed by atoms with Gasteiger partial charge in [0.2, 0.25) is 5.91 Å². The van der Waals surface area contributed by atoms with E-state index in [2.05, 4.69) is 15.6 Å². The lowest BCUT2D eigenvalue weighted by molar-refractivity contribution is -0.120. The van der Waals surface area contributed by atoms with Crippen LogP contribution in [0.1, 0.15) is 15.9 Å². The van der Waals surface area contributed by atoms with Crippen LogP contribution in [0.2, 0.25) is 5.02 Å². The van der Waals surface area contributed by atoms with E-state index in [-0.39, 0.29) is 18.4 Å². The first-order chi connectivity index (χ1) is 10.6. The van der Waals surface area contributed by atoms with Crippen molar-refractivity contribution >= 4 is 23.4 Å². The standard InChI is InChI=1S/C16H16ClN3O2/c17-14-5-3-12(4-6-14)7-9-19-15(21)11-20-16(22)13-2-1-8-18-10-13/h1-6,8,10H,7,9,11H2,(H,19,21)(H,20,22). The van der Waals surface area contributed by atoms with Gasteiger partial charge in [-0.3, -0.25) is 14.6 Å². The first-order valence-electron chi connectivity index (χ1n) is 6.84. The summed E-state index contributed by atoms with van der Waals surface area (Å²) in [6.07, 6.45) is 3.74. The third kappa shape index (κ3) is 5.18. The zero-order valence-electron chi connectivity index (χ0n) is 11.9. The molecule has 0 fully saturated rings. The number of hydrogen-bond acceptors (Lipinski definition) is 3. The number of carbonyl (C=O) groups excluding carboxylic acids is 2. The molecule has 0 bridgehead atoms. The van der Waals surface area contributed by atoms with Gasteiger partial charge >= 0.3 is 0 Å². The van der Waals surface area contributed by atoms with Gasteiger partial charge in [0.15, 0.2) is 0 Å². The molecule has 0 spiro atoms. The lowest BCUT2D eigenvalue weighted by Crippen LogP contribution is -2.37. The van der Waals surface area contributed by atoms with Crippen LogP contribution in [0.25, 0.3) is 0 Å². The Morgan fingerprint density at radius 3 is 2.55 bits per heavy atom. The smallest absolute Gasteiger partial charge is 0.253 e. The van der Waals surface area contributed by atoms with E-state index in [0.717, 1.165) is 5.56 Å². The van der Waals surface area contributed by atoms with Gasteiger partial charge in [-0.1, -0.05) is 23.7 Å². The summed E-state index contributed by atoms with van der Waals surface area (Å²) in [5.74, 6) is -0.549. The molecular formula is C16H16ClN3O2. The number of pyridine rings is 1. The van der Waals surface area contributed by atoms with Crippen LogP contribution in [0, 0.1) is 0 Å². The van der Waals surface area contributed by atoms with E-state index in [1.54, 1.807) is 18.3 Å². The van der Waals surface area contributed by atoms with Crippen molar-refractivity contribution in [2.45, 2.75) is 6.42 Å². The summed E-state index contributed by atoms with van der Waals surface area (Å²) >= 11 is 5.80. The molecule has 1 aromatic carbocycles. The molecule has 1 heterocycles. The maximum atomic E-state index is 11.7. The first kappa shape index (κ1) is 16.0. The minimum Gasteiger partial charge on any atom is -0.354 e. The molecule has 2 rings (SSSR count). The van der Waals surface area contributed by atoms with E-state index >= 15 is 0 Å².